The number of hydrazine groups is 1. The summed E-state index contributed by atoms with van der Waals surface area (Å²) in [5.74, 6) is 0.328. The maximum Gasteiger partial charge on any atom is 0.260 e. The van der Waals surface area contributed by atoms with Crippen molar-refractivity contribution in [1.82, 2.24) is 20.5 Å². The first-order chi connectivity index (χ1) is 27.2. The molecule has 0 bridgehead atoms. The molecule has 0 aliphatic carbocycles. The average Bonchev–Trinajstić information content (AvgIpc) is 3.21. The van der Waals surface area contributed by atoms with E-state index in [0.717, 1.165) is 33.6 Å². The first kappa shape index (κ1) is 39.2. The van der Waals surface area contributed by atoms with Gasteiger partial charge in [-0.3, -0.25) is 19.7 Å². The Balaban J connectivity index is 1.18. The number of anilines is 2. The van der Waals surface area contributed by atoms with Gasteiger partial charge in [-0.2, -0.15) is 0 Å². The first-order valence-corrected chi connectivity index (χ1v) is 18.8. The molecule has 11 heteroatoms. The van der Waals surface area contributed by atoms with Gasteiger partial charge in [0.25, 0.3) is 11.8 Å². The SMILES string of the molecule is CNN(C(=O)CN1Cc2c(cccc2OCCCC(=O)N(Cc2ccccc2)Cc2ccccc2)N=C1NC(=O)c1ccc(N(C)C)cc1)c1ccccc1C. The standard InChI is InChI=1S/C45H49N7O4/c1-33-15-11-12-21-40(33)52(46-2)43(54)32-51-31-38-39(47-45(51)48-44(55)36-24-26-37(27-25-36)49(3)4)20-13-22-41(38)56-28-14-23-42(53)50(29-34-16-7-5-8-17-34)30-35-18-9-6-10-19-35/h5-13,15-22,24-27,46H,14,23,28-32H2,1-4H3,(H,47,48,55). The summed E-state index contributed by atoms with van der Waals surface area (Å²) >= 11 is 0. The lowest BCUT2D eigenvalue weighted by Gasteiger charge is -2.33. The highest BCUT2D eigenvalue weighted by Gasteiger charge is 2.29. The fourth-order valence-electron chi connectivity index (χ4n) is 6.56. The van der Waals surface area contributed by atoms with Crippen molar-refractivity contribution in [2.45, 2.75) is 39.4 Å². The summed E-state index contributed by atoms with van der Waals surface area (Å²) < 4.78 is 6.33. The summed E-state index contributed by atoms with van der Waals surface area (Å²) in [4.78, 5) is 51.5. The van der Waals surface area contributed by atoms with Crippen LogP contribution in [0.2, 0.25) is 0 Å². The lowest BCUT2D eigenvalue weighted by Crippen LogP contribution is -2.52. The molecule has 0 unspecified atom stereocenters. The number of para-hydroxylation sites is 1. The van der Waals surface area contributed by atoms with Gasteiger partial charge in [0, 0.05) is 57.5 Å². The molecule has 0 saturated carbocycles. The molecule has 2 N–H and O–H groups in total. The van der Waals surface area contributed by atoms with E-state index in [9.17, 15) is 14.4 Å². The van der Waals surface area contributed by atoms with Gasteiger partial charge in [-0.15, -0.1) is 0 Å². The monoisotopic (exact) mass is 751 g/mol. The number of ether oxygens (including phenoxy) is 1. The number of rotatable bonds is 15. The van der Waals surface area contributed by atoms with E-state index in [1.807, 2.05) is 146 Å². The van der Waals surface area contributed by atoms with E-state index in [2.05, 4.69) is 10.7 Å². The highest BCUT2D eigenvalue weighted by atomic mass is 16.5. The number of guanidine groups is 1. The third kappa shape index (κ3) is 9.99. The van der Waals surface area contributed by atoms with Gasteiger partial charge in [0.15, 0.2) is 0 Å². The Morgan fingerprint density at radius 3 is 2.04 bits per heavy atom. The molecule has 1 aliphatic rings. The largest absolute Gasteiger partial charge is 0.493 e. The van der Waals surface area contributed by atoms with Gasteiger partial charge < -0.3 is 19.4 Å². The minimum Gasteiger partial charge on any atom is -0.493 e. The van der Waals surface area contributed by atoms with E-state index in [1.54, 1.807) is 24.1 Å². The number of carbonyl (C=O) groups excluding carboxylic acids is 3. The molecule has 0 atom stereocenters. The van der Waals surface area contributed by atoms with Crippen LogP contribution < -0.4 is 25.4 Å². The van der Waals surface area contributed by atoms with Gasteiger partial charge in [-0.1, -0.05) is 84.9 Å². The molecule has 0 aromatic heterocycles. The van der Waals surface area contributed by atoms with E-state index >= 15 is 0 Å². The molecule has 0 fully saturated rings. The van der Waals surface area contributed by atoms with E-state index in [0.29, 0.717) is 49.5 Å². The van der Waals surface area contributed by atoms with Gasteiger partial charge >= 0.3 is 0 Å². The van der Waals surface area contributed by atoms with Crippen molar-refractivity contribution in [1.29, 1.82) is 0 Å². The van der Waals surface area contributed by atoms with Crippen molar-refractivity contribution in [2.75, 3.05) is 44.2 Å². The van der Waals surface area contributed by atoms with Crippen LogP contribution in [0.4, 0.5) is 17.1 Å². The zero-order chi connectivity index (χ0) is 39.4. The number of hydrogen-bond donors (Lipinski definition) is 2. The second-order valence-corrected chi connectivity index (χ2v) is 13.9. The third-order valence-corrected chi connectivity index (χ3v) is 9.59. The van der Waals surface area contributed by atoms with Crippen LogP contribution in [0.15, 0.2) is 132 Å². The van der Waals surface area contributed by atoms with Gasteiger partial charge in [0.2, 0.25) is 11.9 Å². The first-order valence-electron chi connectivity index (χ1n) is 18.8. The Morgan fingerprint density at radius 1 is 0.768 bits per heavy atom. The highest BCUT2D eigenvalue weighted by Crippen LogP contribution is 2.34. The van der Waals surface area contributed by atoms with Crippen LogP contribution in [0.25, 0.3) is 0 Å². The third-order valence-electron chi connectivity index (χ3n) is 9.59. The van der Waals surface area contributed by atoms with E-state index < -0.39 is 0 Å². The molecule has 5 aromatic rings. The fraction of sp³-hybridized carbons (Fsp3) is 0.244. The minimum absolute atomic E-state index is 0.0464. The number of benzene rings is 5. The lowest BCUT2D eigenvalue weighted by molar-refractivity contribution is -0.132. The molecule has 6 rings (SSSR count). The summed E-state index contributed by atoms with van der Waals surface area (Å²) in [6, 6.07) is 40.5. The number of nitrogens with one attached hydrogen (secondary N) is 2. The molecule has 1 aliphatic heterocycles. The van der Waals surface area contributed by atoms with Crippen molar-refractivity contribution in [3.05, 3.63) is 155 Å². The number of nitrogens with zero attached hydrogens (tertiary/aromatic N) is 5. The average molecular weight is 752 g/mol. The number of hydrogen-bond acceptors (Lipinski definition) is 8. The van der Waals surface area contributed by atoms with E-state index in [-0.39, 0.29) is 36.8 Å². The zero-order valence-corrected chi connectivity index (χ0v) is 32.4. The normalized spacial score (nSPS) is 11.9. The van der Waals surface area contributed by atoms with Crippen LogP contribution in [-0.2, 0) is 29.2 Å². The molecule has 0 saturated heterocycles. The van der Waals surface area contributed by atoms with Crippen LogP contribution in [0.1, 0.15) is 45.5 Å². The lowest BCUT2D eigenvalue weighted by atomic mass is 10.1. The van der Waals surface area contributed by atoms with E-state index in [4.69, 9.17) is 9.73 Å². The van der Waals surface area contributed by atoms with Crippen molar-refractivity contribution >= 4 is 40.7 Å². The minimum atomic E-state index is -0.343. The molecule has 0 spiro atoms. The highest BCUT2D eigenvalue weighted by molar-refractivity contribution is 6.08. The molecule has 11 nitrogen and oxygen atoms in total. The Hall–Kier alpha value is -6.46. The van der Waals surface area contributed by atoms with Crippen LogP contribution >= 0.6 is 0 Å². The van der Waals surface area contributed by atoms with Crippen molar-refractivity contribution in [3.8, 4) is 5.75 Å². The summed E-state index contributed by atoms with van der Waals surface area (Å²) in [7, 11) is 5.58. The molecule has 288 valence electrons. The second kappa shape index (κ2) is 18.7. The Morgan fingerprint density at radius 2 is 1.41 bits per heavy atom. The molecular formula is C45H49N7O4. The Labute approximate surface area is 329 Å². The second-order valence-electron chi connectivity index (χ2n) is 13.9. The van der Waals surface area contributed by atoms with Crippen molar-refractivity contribution in [3.63, 3.8) is 0 Å². The maximum absolute atomic E-state index is 13.9. The van der Waals surface area contributed by atoms with Crippen LogP contribution in [0, 0.1) is 6.92 Å². The zero-order valence-electron chi connectivity index (χ0n) is 32.4. The predicted molar refractivity (Wildman–Crippen MR) is 222 cm³/mol. The van der Waals surface area contributed by atoms with Crippen LogP contribution in [0.3, 0.4) is 0 Å². The van der Waals surface area contributed by atoms with Crippen LogP contribution in [-0.4, -0.2) is 67.8 Å². The van der Waals surface area contributed by atoms with Gasteiger partial charge in [-0.05, 0) is 72.5 Å². The number of aryl methyl sites for hydroxylation is 1. The number of carbonyl (C=O) groups is 3. The molecular weight excluding hydrogens is 703 g/mol. The van der Waals surface area contributed by atoms with Crippen molar-refractivity contribution in [2.24, 2.45) is 4.99 Å². The van der Waals surface area contributed by atoms with Gasteiger partial charge in [-0.25, -0.2) is 15.4 Å². The number of fused-ring (bicyclic) bond motifs is 1. The Bertz CT molecular complexity index is 2100. The molecule has 1 heterocycles. The maximum atomic E-state index is 13.9. The summed E-state index contributed by atoms with van der Waals surface area (Å²) in [6.07, 6.45) is 0.827. The smallest absolute Gasteiger partial charge is 0.260 e. The Kier molecular flexibility index (Phi) is 13.1. The number of aliphatic imine (C=N–C) groups is 1. The van der Waals surface area contributed by atoms with Gasteiger partial charge in [0.1, 0.15) is 12.3 Å². The number of amides is 3. The summed E-state index contributed by atoms with van der Waals surface area (Å²) in [6.45, 7) is 3.45. The quantitative estimate of drug-likeness (QED) is 0.0890. The van der Waals surface area contributed by atoms with E-state index in [1.165, 1.54) is 5.01 Å². The molecule has 56 heavy (non-hydrogen) atoms. The van der Waals surface area contributed by atoms with Crippen molar-refractivity contribution < 1.29 is 19.1 Å². The predicted octanol–water partition coefficient (Wildman–Crippen LogP) is 6.85. The molecule has 3 amide bonds. The molecule has 0 radical (unpaired) electrons. The van der Waals surface area contributed by atoms with Crippen LogP contribution in [0.5, 0.6) is 5.75 Å². The summed E-state index contributed by atoms with van der Waals surface area (Å²) in [5, 5.41) is 4.47. The fourth-order valence-corrected chi connectivity index (χ4v) is 6.56. The molecule has 5 aromatic carbocycles. The van der Waals surface area contributed by atoms with Gasteiger partial charge in [0.05, 0.1) is 24.5 Å². The topological polar surface area (TPSA) is 110 Å². The summed E-state index contributed by atoms with van der Waals surface area (Å²) in [5.41, 5.74) is 9.66.